The van der Waals surface area contributed by atoms with Gasteiger partial charge in [0.25, 0.3) is 0 Å². The number of halogens is 3. The van der Waals surface area contributed by atoms with E-state index >= 15 is 0 Å². The quantitative estimate of drug-likeness (QED) is 0.707. The topological polar surface area (TPSA) is 111 Å². The molecule has 1 heterocycles. The van der Waals surface area contributed by atoms with Crippen molar-refractivity contribution in [3.63, 3.8) is 0 Å². The number of hydrogen-bond acceptors (Lipinski definition) is 6. The number of β-amino-alcohol motifs (C(OH)–C–C–N with tert-alkyl or cyclic N) is 2. The summed E-state index contributed by atoms with van der Waals surface area (Å²) in [5, 5.41) is 29.9. The van der Waals surface area contributed by atoms with E-state index in [1.165, 1.54) is 30.3 Å². The van der Waals surface area contributed by atoms with Gasteiger partial charge >= 0.3 is 0 Å². The number of hydrogen-bond donors (Lipinski definition) is 2. The van der Waals surface area contributed by atoms with Crippen LogP contribution in [0.2, 0.25) is 10.0 Å². The van der Waals surface area contributed by atoms with Crippen molar-refractivity contribution >= 4 is 33.2 Å². The largest absolute Gasteiger partial charge is 0.490 e. The average Bonchev–Trinajstić information content (AvgIpc) is 2.96. The van der Waals surface area contributed by atoms with Gasteiger partial charge in [0.05, 0.1) is 10.6 Å². The lowest BCUT2D eigenvalue weighted by Crippen LogP contribution is -2.47. The maximum Gasteiger partial charge on any atom is 0.244 e. The summed E-state index contributed by atoms with van der Waals surface area (Å²) in [7, 11) is -4.12. The van der Waals surface area contributed by atoms with Gasteiger partial charge in [0.15, 0.2) is 0 Å². The van der Waals surface area contributed by atoms with E-state index < -0.39 is 40.7 Å². The summed E-state index contributed by atoms with van der Waals surface area (Å²) in [5.41, 5.74) is -2.11. The molecule has 2 atom stereocenters. The van der Waals surface area contributed by atoms with Crippen LogP contribution in [0.4, 0.5) is 4.39 Å². The monoisotopic (exact) mass is 460 g/mol. The van der Waals surface area contributed by atoms with Crippen LogP contribution in [0.3, 0.4) is 0 Å². The van der Waals surface area contributed by atoms with Crippen molar-refractivity contribution in [2.24, 2.45) is 0 Å². The molecule has 29 heavy (non-hydrogen) atoms. The van der Waals surface area contributed by atoms with Gasteiger partial charge in [0.1, 0.15) is 40.8 Å². The molecular weight excluding hydrogens is 446 g/mol. The maximum atomic E-state index is 13.7. The summed E-state index contributed by atoms with van der Waals surface area (Å²) < 4.78 is 45.6. The molecule has 0 aromatic heterocycles. The van der Waals surface area contributed by atoms with Crippen LogP contribution in [0.25, 0.3) is 0 Å². The minimum Gasteiger partial charge on any atom is -0.490 e. The molecule has 11 heteroatoms. The zero-order chi connectivity index (χ0) is 21.4. The molecule has 0 aliphatic carbocycles. The van der Waals surface area contributed by atoms with E-state index in [4.69, 9.17) is 33.2 Å². The lowest BCUT2D eigenvalue weighted by molar-refractivity contribution is -0.0674. The van der Waals surface area contributed by atoms with E-state index in [0.29, 0.717) is 0 Å². The molecule has 0 spiro atoms. The Bertz CT molecular complexity index is 1090. The van der Waals surface area contributed by atoms with Gasteiger partial charge in [0, 0.05) is 24.2 Å². The second-order valence-corrected chi connectivity index (χ2v) is 9.28. The maximum absolute atomic E-state index is 13.7. The Morgan fingerprint density at radius 1 is 1.31 bits per heavy atom. The highest BCUT2D eigenvalue weighted by atomic mass is 35.5. The van der Waals surface area contributed by atoms with Gasteiger partial charge in [-0.25, -0.2) is 12.8 Å². The molecule has 0 radical (unpaired) electrons. The molecule has 0 saturated carbocycles. The third-order valence-electron chi connectivity index (χ3n) is 4.51. The Kier molecular flexibility index (Phi) is 6.06. The smallest absolute Gasteiger partial charge is 0.244 e. The molecule has 1 fully saturated rings. The van der Waals surface area contributed by atoms with Crippen molar-refractivity contribution in [1.29, 1.82) is 5.26 Å². The molecule has 1 aliphatic heterocycles. The Hall–Kier alpha value is -1.93. The molecular formula is C18H15Cl2FN2O5S. The van der Waals surface area contributed by atoms with Gasteiger partial charge in [-0.2, -0.15) is 9.57 Å². The van der Waals surface area contributed by atoms with Crippen LogP contribution in [-0.4, -0.2) is 54.3 Å². The molecule has 0 amide bonds. The van der Waals surface area contributed by atoms with Gasteiger partial charge in [-0.1, -0.05) is 23.2 Å². The zero-order valence-corrected chi connectivity index (χ0v) is 17.0. The molecule has 1 aliphatic rings. The van der Waals surface area contributed by atoms with Gasteiger partial charge in [0.2, 0.25) is 10.0 Å². The number of ether oxygens (including phenoxy) is 1. The number of benzene rings is 2. The molecule has 2 aromatic carbocycles. The van der Waals surface area contributed by atoms with E-state index in [9.17, 15) is 23.0 Å². The second-order valence-electron chi connectivity index (χ2n) is 6.53. The van der Waals surface area contributed by atoms with Crippen LogP contribution in [0.1, 0.15) is 5.56 Å². The van der Waals surface area contributed by atoms with Crippen molar-refractivity contribution in [3.8, 4) is 11.8 Å². The first-order valence-electron chi connectivity index (χ1n) is 8.25. The molecule has 1 saturated heterocycles. The van der Waals surface area contributed by atoms with E-state index in [0.717, 1.165) is 10.4 Å². The first-order valence-corrected chi connectivity index (χ1v) is 10.4. The lowest BCUT2D eigenvalue weighted by atomic mass is 10.0. The zero-order valence-electron chi connectivity index (χ0n) is 14.7. The van der Waals surface area contributed by atoms with Crippen molar-refractivity contribution in [2.45, 2.75) is 16.6 Å². The van der Waals surface area contributed by atoms with Crippen LogP contribution in [-0.2, 0) is 10.0 Å². The Morgan fingerprint density at radius 2 is 2.03 bits per heavy atom. The Balaban J connectivity index is 1.77. The minimum atomic E-state index is -4.12. The van der Waals surface area contributed by atoms with Crippen molar-refractivity contribution in [3.05, 3.63) is 57.8 Å². The van der Waals surface area contributed by atoms with Gasteiger partial charge in [-0.3, -0.25) is 0 Å². The van der Waals surface area contributed by atoms with Gasteiger partial charge in [-0.15, -0.1) is 0 Å². The summed E-state index contributed by atoms with van der Waals surface area (Å²) >= 11 is 11.8. The molecule has 3 rings (SSSR count). The molecule has 2 aromatic rings. The molecule has 154 valence electrons. The van der Waals surface area contributed by atoms with E-state index in [-0.39, 0.29) is 32.8 Å². The van der Waals surface area contributed by atoms with Crippen molar-refractivity contribution < 1.29 is 27.8 Å². The number of nitrogens with zero attached hydrogens (tertiary/aromatic N) is 2. The summed E-state index contributed by atoms with van der Waals surface area (Å²) in [5.74, 6) is -0.783. The Morgan fingerprint density at radius 3 is 2.66 bits per heavy atom. The standard InChI is InChI=1S/C18H15Cl2FN2O5S/c19-12-2-4-16(14(20)5-12)29(26,27)23-8-17(24)18(25,9-23)10-28-13-3-1-11(7-22)15(21)6-13/h1-6,17,24-25H,8-10H2/t17-,18-/m0/s1. The molecule has 0 bridgehead atoms. The van der Waals surface area contributed by atoms with Crippen LogP contribution < -0.4 is 4.74 Å². The van der Waals surface area contributed by atoms with Crippen LogP contribution >= 0.6 is 23.2 Å². The van der Waals surface area contributed by atoms with Gasteiger partial charge in [-0.05, 0) is 30.3 Å². The lowest BCUT2D eigenvalue weighted by Gasteiger charge is -2.26. The van der Waals surface area contributed by atoms with E-state index in [1.54, 1.807) is 6.07 Å². The summed E-state index contributed by atoms with van der Waals surface area (Å²) in [6.07, 6.45) is -1.45. The second kappa shape index (κ2) is 8.07. The predicted molar refractivity (Wildman–Crippen MR) is 103 cm³/mol. The van der Waals surface area contributed by atoms with Crippen LogP contribution in [0, 0.1) is 17.1 Å². The number of rotatable bonds is 5. The fourth-order valence-electron chi connectivity index (χ4n) is 2.87. The fraction of sp³-hybridized carbons (Fsp3) is 0.278. The van der Waals surface area contributed by atoms with Crippen LogP contribution in [0.5, 0.6) is 5.75 Å². The highest BCUT2D eigenvalue weighted by Crippen LogP contribution is 2.32. The molecule has 0 unspecified atom stereocenters. The summed E-state index contributed by atoms with van der Waals surface area (Å²) in [6, 6.07) is 9.04. The first kappa shape index (κ1) is 21.8. The van der Waals surface area contributed by atoms with Crippen molar-refractivity contribution in [2.75, 3.05) is 19.7 Å². The molecule has 2 N–H and O–H groups in total. The highest BCUT2D eigenvalue weighted by Gasteiger charge is 2.49. The average molecular weight is 461 g/mol. The third kappa shape index (κ3) is 4.33. The van der Waals surface area contributed by atoms with Gasteiger partial charge < -0.3 is 14.9 Å². The van der Waals surface area contributed by atoms with E-state index in [2.05, 4.69) is 0 Å². The molecule has 7 nitrogen and oxygen atoms in total. The number of sulfonamides is 1. The SMILES string of the molecule is N#Cc1ccc(OC[C@@]2(O)CN(S(=O)(=O)c3ccc(Cl)cc3Cl)C[C@@H]2O)cc1F. The summed E-state index contributed by atoms with van der Waals surface area (Å²) in [6.45, 7) is -1.35. The predicted octanol–water partition coefficient (Wildman–Crippen LogP) is 2.18. The third-order valence-corrected chi connectivity index (χ3v) is 7.04. The number of aliphatic hydroxyl groups excluding tert-OH is 1. The normalized spacial score (nSPS) is 22.4. The van der Waals surface area contributed by atoms with Crippen molar-refractivity contribution in [1.82, 2.24) is 4.31 Å². The highest BCUT2D eigenvalue weighted by molar-refractivity contribution is 7.89. The summed E-state index contributed by atoms with van der Waals surface area (Å²) in [4.78, 5) is -0.213. The number of nitriles is 1. The van der Waals surface area contributed by atoms with E-state index in [1.807, 2.05) is 0 Å². The first-order chi connectivity index (χ1) is 13.6. The fourth-order valence-corrected chi connectivity index (χ4v) is 5.13. The minimum absolute atomic E-state index is 0.0178. The number of aliphatic hydroxyl groups is 2. The Labute approximate surface area is 176 Å². The van der Waals surface area contributed by atoms with Crippen LogP contribution in [0.15, 0.2) is 41.3 Å².